The van der Waals surface area contributed by atoms with Crippen molar-refractivity contribution in [3.8, 4) is 0 Å². The molecule has 0 bridgehead atoms. The Balaban J connectivity index is 1.83. The molecule has 0 radical (unpaired) electrons. The van der Waals surface area contributed by atoms with E-state index in [9.17, 15) is 22.0 Å². The number of hydrogen-bond acceptors (Lipinski definition) is 3. The standard InChI is InChI=1S/C17H16F2N2O3S/c1-11-9-14(19)16(10-13(11)18)25(23,24)20-15-7-8-21(17(15)22)12-5-3-2-4-6-12/h2-6,9-10,15,20H,7-8H2,1H3. The molecule has 0 spiro atoms. The van der Waals surface area contributed by atoms with Gasteiger partial charge in [0.15, 0.2) is 0 Å². The number of hydrogen-bond donors (Lipinski definition) is 1. The highest BCUT2D eigenvalue weighted by Gasteiger charge is 2.36. The van der Waals surface area contributed by atoms with Gasteiger partial charge in [0.05, 0.1) is 0 Å². The molecule has 1 atom stereocenters. The van der Waals surface area contributed by atoms with Crippen LogP contribution in [0.15, 0.2) is 47.4 Å². The molecule has 8 heteroatoms. The SMILES string of the molecule is Cc1cc(F)c(S(=O)(=O)NC2CCN(c3ccccc3)C2=O)cc1F. The van der Waals surface area contributed by atoms with E-state index < -0.39 is 38.5 Å². The van der Waals surface area contributed by atoms with Crippen LogP contribution in [0.5, 0.6) is 0 Å². The Labute approximate surface area is 144 Å². The molecular weight excluding hydrogens is 350 g/mol. The lowest BCUT2D eigenvalue weighted by atomic mass is 10.2. The van der Waals surface area contributed by atoms with Crippen LogP contribution in [-0.2, 0) is 14.8 Å². The number of para-hydroxylation sites is 1. The van der Waals surface area contributed by atoms with Crippen molar-refractivity contribution in [2.75, 3.05) is 11.4 Å². The van der Waals surface area contributed by atoms with Crippen molar-refractivity contribution >= 4 is 21.6 Å². The quantitative estimate of drug-likeness (QED) is 0.903. The summed E-state index contributed by atoms with van der Waals surface area (Å²) in [7, 11) is -4.36. The van der Waals surface area contributed by atoms with Gasteiger partial charge in [-0.15, -0.1) is 0 Å². The van der Waals surface area contributed by atoms with Crippen LogP contribution in [0, 0.1) is 18.6 Å². The molecule has 1 unspecified atom stereocenters. The zero-order valence-electron chi connectivity index (χ0n) is 13.4. The number of anilines is 1. The molecule has 0 aromatic heterocycles. The number of benzene rings is 2. The minimum atomic E-state index is -4.36. The molecule has 3 rings (SSSR count). The summed E-state index contributed by atoms with van der Waals surface area (Å²) in [6.07, 6.45) is 0.239. The van der Waals surface area contributed by atoms with Gasteiger partial charge in [0, 0.05) is 12.2 Å². The molecule has 1 saturated heterocycles. The average molecular weight is 366 g/mol. The van der Waals surface area contributed by atoms with Crippen LogP contribution in [-0.4, -0.2) is 26.9 Å². The summed E-state index contributed by atoms with van der Waals surface area (Å²) in [4.78, 5) is 13.1. The fourth-order valence-corrected chi connectivity index (χ4v) is 4.03. The first-order valence-corrected chi connectivity index (χ1v) is 9.12. The van der Waals surface area contributed by atoms with E-state index in [-0.39, 0.29) is 12.0 Å². The van der Waals surface area contributed by atoms with Crippen molar-refractivity contribution in [1.82, 2.24) is 4.72 Å². The van der Waals surface area contributed by atoms with Gasteiger partial charge in [-0.1, -0.05) is 18.2 Å². The molecule has 0 saturated carbocycles. The van der Waals surface area contributed by atoms with E-state index in [1.54, 1.807) is 30.3 Å². The molecule has 132 valence electrons. The Kier molecular flexibility index (Phi) is 4.57. The van der Waals surface area contributed by atoms with E-state index in [1.807, 2.05) is 0 Å². The van der Waals surface area contributed by atoms with E-state index in [0.717, 1.165) is 6.07 Å². The summed E-state index contributed by atoms with van der Waals surface area (Å²) in [5, 5.41) is 0. The zero-order chi connectivity index (χ0) is 18.2. The van der Waals surface area contributed by atoms with Crippen molar-refractivity contribution in [1.29, 1.82) is 0 Å². The first kappa shape index (κ1) is 17.5. The summed E-state index contributed by atoms with van der Waals surface area (Å²) in [5.41, 5.74) is 0.658. The van der Waals surface area contributed by atoms with E-state index in [0.29, 0.717) is 18.3 Å². The third-order valence-corrected chi connectivity index (χ3v) is 5.56. The van der Waals surface area contributed by atoms with Gasteiger partial charge >= 0.3 is 0 Å². The Bertz CT molecular complexity index is 917. The largest absolute Gasteiger partial charge is 0.311 e. The Morgan fingerprint density at radius 1 is 1.12 bits per heavy atom. The van der Waals surface area contributed by atoms with Gasteiger partial charge in [0.25, 0.3) is 0 Å². The van der Waals surface area contributed by atoms with Crippen LogP contribution in [0.2, 0.25) is 0 Å². The first-order valence-electron chi connectivity index (χ1n) is 7.64. The summed E-state index contributed by atoms with van der Waals surface area (Å²) < 4.78 is 54.5. The Hall–Kier alpha value is -2.32. The lowest BCUT2D eigenvalue weighted by Gasteiger charge is -2.17. The highest BCUT2D eigenvalue weighted by Crippen LogP contribution is 2.24. The summed E-state index contributed by atoms with van der Waals surface area (Å²) in [6.45, 7) is 1.67. The van der Waals surface area contributed by atoms with Crippen LogP contribution in [0.3, 0.4) is 0 Å². The van der Waals surface area contributed by atoms with Crippen molar-refractivity contribution in [2.24, 2.45) is 0 Å². The van der Waals surface area contributed by atoms with Crippen molar-refractivity contribution in [3.63, 3.8) is 0 Å². The molecular formula is C17H16F2N2O3S. The smallest absolute Gasteiger partial charge is 0.245 e. The van der Waals surface area contributed by atoms with E-state index in [4.69, 9.17) is 0 Å². The van der Waals surface area contributed by atoms with Crippen LogP contribution in [0.4, 0.5) is 14.5 Å². The molecule has 1 aliphatic heterocycles. The van der Waals surface area contributed by atoms with Gasteiger partial charge in [-0.2, -0.15) is 4.72 Å². The topological polar surface area (TPSA) is 66.5 Å². The number of carbonyl (C=O) groups is 1. The second-order valence-corrected chi connectivity index (χ2v) is 7.50. The third-order valence-electron chi connectivity index (χ3n) is 4.07. The van der Waals surface area contributed by atoms with Gasteiger partial charge in [0.1, 0.15) is 22.6 Å². The number of amides is 1. The monoisotopic (exact) mass is 366 g/mol. The summed E-state index contributed by atoms with van der Waals surface area (Å²) in [6, 6.07) is 9.24. The maximum absolute atomic E-state index is 14.0. The molecule has 25 heavy (non-hydrogen) atoms. The second kappa shape index (κ2) is 6.53. The number of nitrogens with zero attached hydrogens (tertiary/aromatic N) is 1. The molecule has 2 aromatic rings. The predicted octanol–water partition coefficient (Wildman–Crippen LogP) is 2.36. The van der Waals surface area contributed by atoms with Gasteiger partial charge < -0.3 is 4.90 Å². The fraction of sp³-hybridized carbons (Fsp3) is 0.235. The van der Waals surface area contributed by atoms with E-state index in [2.05, 4.69) is 4.72 Å². The molecule has 1 fully saturated rings. The van der Waals surface area contributed by atoms with Gasteiger partial charge in [-0.05, 0) is 43.2 Å². The molecule has 1 N–H and O–H groups in total. The van der Waals surface area contributed by atoms with Crippen LogP contribution < -0.4 is 9.62 Å². The zero-order valence-corrected chi connectivity index (χ0v) is 14.2. The van der Waals surface area contributed by atoms with Crippen LogP contribution in [0.1, 0.15) is 12.0 Å². The molecule has 0 aliphatic carbocycles. The molecule has 1 amide bonds. The maximum Gasteiger partial charge on any atom is 0.245 e. The number of nitrogens with one attached hydrogen (secondary N) is 1. The number of sulfonamides is 1. The minimum Gasteiger partial charge on any atom is -0.311 e. The van der Waals surface area contributed by atoms with E-state index >= 15 is 0 Å². The van der Waals surface area contributed by atoms with Crippen molar-refractivity contribution < 1.29 is 22.0 Å². The minimum absolute atomic E-state index is 0.00338. The molecule has 1 heterocycles. The second-order valence-electron chi connectivity index (χ2n) is 5.82. The van der Waals surface area contributed by atoms with E-state index in [1.165, 1.54) is 11.8 Å². The van der Waals surface area contributed by atoms with Crippen molar-refractivity contribution in [2.45, 2.75) is 24.3 Å². The third kappa shape index (κ3) is 3.40. The molecule has 2 aromatic carbocycles. The van der Waals surface area contributed by atoms with Crippen LogP contribution in [0.25, 0.3) is 0 Å². The number of aryl methyl sites for hydroxylation is 1. The van der Waals surface area contributed by atoms with Crippen LogP contribution >= 0.6 is 0 Å². The highest BCUT2D eigenvalue weighted by atomic mass is 32.2. The Morgan fingerprint density at radius 2 is 1.80 bits per heavy atom. The summed E-state index contributed by atoms with van der Waals surface area (Å²) in [5.74, 6) is -2.31. The first-order chi connectivity index (χ1) is 11.8. The number of halogens is 2. The lowest BCUT2D eigenvalue weighted by molar-refractivity contribution is -0.118. The molecule has 5 nitrogen and oxygen atoms in total. The Morgan fingerprint density at radius 3 is 2.48 bits per heavy atom. The average Bonchev–Trinajstić information content (AvgIpc) is 2.92. The lowest BCUT2D eigenvalue weighted by Crippen LogP contribution is -2.41. The highest BCUT2D eigenvalue weighted by molar-refractivity contribution is 7.89. The van der Waals surface area contributed by atoms with Gasteiger partial charge in [-0.25, -0.2) is 17.2 Å². The number of rotatable bonds is 4. The van der Waals surface area contributed by atoms with Gasteiger partial charge in [0.2, 0.25) is 15.9 Å². The number of carbonyl (C=O) groups excluding carboxylic acids is 1. The van der Waals surface area contributed by atoms with Gasteiger partial charge in [-0.3, -0.25) is 4.79 Å². The molecule has 1 aliphatic rings. The normalized spacial score (nSPS) is 18.0. The fourth-order valence-electron chi connectivity index (χ4n) is 2.74. The maximum atomic E-state index is 14.0. The van der Waals surface area contributed by atoms with Crippen molar-refractivity contribution in [3.05, 3.63) is 59.7 Å². The predicted molar refractivity (Wildman–Crippen MR) is 88.6 cm³/mol. The summed E-state index contributed by atoms with van der Waals surface area (Å²) >= 11 is 0.